The maximum absolute atomic E-state index is 12.5. The predicted molar refractivity (Wildman–Crippen MR) is 114 cm³/mol. The molecule has 0 spiro atoms. The summed E-state index contributed by atoms with van der Waals surface area (Å²) in [6.45, 7) is 10.8. The van der Waals surface area contributed by atoms with Crippen LogP contribution in [0.25, 0.3) is 0 Å². The first-order valence-corrected chi connectivity index (χ1v) is 10.5. The van der Waals surface area contributed by atoms with E-state index >= 15 is 0 Å². The molecule has 0 unspecified atom stereocenters. The summed E-state index contributed by atoms with van der Waals surface area (Å²) >= 11 is 0. The lowest BCUT2D eigenvalue weighted by molar-refractivity contribution is 0.0918. The fourth-order valence-corrected chi connectivity index (χ4v) is 3.87. The SMILES string of the molecule is CCN(CCNC(=O)c1ccc([C@H](C)N2CCCCC2)o1)c1cccc(C)c1. The van der Waals surface area contributed by atoms with Gasteiger partial charge in [-0.05, 0) is 76.5 Å². The molecule has 0 aliphatic carbocycles. The van der Waals surface area contributed by atoms with Gasteiger partial charge in [0.2, 0.25) is 0 Å². The molecule has 0 bridgehead atoms. The molecule has 2 aromatic rings. The molecule has 3 rings (SSSR count). The lowest BCUT2D eigenvalue weighted by Gasteiger charge is -2.31. The molecule has 2 heterocycles. The van der Waals surface area contributed by atoms with E-state index in [0.29, 0.717) is 12.3 Å². The van der Waals surface area contributed by atoms with Crippen LogP contribution in [0.5, 0.6) is 0 Å². The molecule has 1 amide bonds. The molecule has 1 aromatic carbocycles. The van der Waals surface area contributed by atoms with Gasteiger partial charge >= 0.3 is 0 Å². The summed E-state index contributed by atoms with van der Waals surface area (Å²) in [4.78, 5) is 17.2. The number of amides is 1. The van der Waals surface area contributed by atoms with E-state index < -0.39 is 0 Å². The largest absolute Gasteiger partial charge is 0.454 e. The first kappa shape index (κ1) is 20.5. The lowest BCUT2D eigenvalue weighted by atomic mass is 10.1. The minimum absolute atomic E-state index is 0.141. The van der Waals surface area contributed by atoms with Gasteiger partial charge in [0, 0.05) is 25.3 Å². The Hall–Kier alpha value is -2.27. The molecule has 5 heteroatoms. The van der Waals surface area contributed by atoms with Crippen molar-refractivity contribution in [2.24, 2.45) is 0 Å². The average molecular weight is 384 g/mol. The molecule has 1 saturated heterocycles. The van der Waals surface area contributed by atoms with Crippen LogP contribution in [0, 0.1) is 6.92 Å². The number of aryl methyl sites for hydroxylation is 1. The van der Waals surface area contributed by atoms with Crippen LogP contribution in [-0.2, 0) is 0 Å². The van der Waals surface area contributed by atoms with Crippen molar-refractivity contribution in [3.63, 3.8) is 0 Å². The Morgan fingerprint density at radius 1 is 1.21 bits per heavy atom. The number of furan rings is 1. The fourth-order valence-electron chi connectivity index (χ4n) is 3.87. The zero-order valence-electron chi connectivity index (χ0n) is 17.4. The molecular weight excluding hydrogens is 350 g/mol. The Morgan fingerprint density at radius 3 is 2.71 bits per heavy atom. The quantitative estimate of drug-likeness (QED) is 0.734. The highest BCUT2D eigenvalue weighted by Crippen LogP contribution is 2.25. The number of anilines is 1. The highest BCUT2D eigenvalue weighted by atomic mass is 16.4. The smallest absolute Gasteiger partial charge is 0.287 e. The number of carbonyl (C=O) groups excluding carboxylic acids is 1. The predicted octanol–water partition coefficient (Wildman–Crippen LogP) is 4.39. The molecule has 1 N–H and O–H groups in total. The van der Waals surface area contributed by atoms with Crippen LogP contribution in [0.15, 0.2) is 40.8 Å². The number of likely N-dealkylation sites (tertiary alicyclic amines) is 1. The zero-order chi connectivity index (χ0) is 19.9. The molecule has 0 radical (unpaired) electrons. The normalized spacial score (nSPS) is 16.0. The molecule has 152 valence electrons. The molecule has 1 aliphatic rings. The Balaban J connectivity index is 1.51. The molecule has 1 aliphatic heterocycles. The van der Waals surface area contributed by atoms with Crippen LogP contribution < -0.4 is 10.2 Å². The number of nitrogens with zero attached hydrogens (tertiary/aromatic N) is 2. The maximum Gasteiger partial charge on any atom is 0.287 e. The average Bonchev–Trinajstić information content (AvgIpc) is 3.21. The number of hydrogen-bond acceptors (Lipinski definition) is 4. The summed E-state index contributed by atoms with van der Waals surface area (Å²) in [6.07, 6.45) is 3.80. The van der Waals surface area contributed by atoms with Crippen LogP contribution in [0.1, 0.15) is 61.0 Å². The number of hydrogen-bond donors (Lipinski definition) is 1. The van der Waals surface area contributed by atoms with Crippen molar-refractivity contribution in [1.82, 2.24) is 10.2 Å². The van der Waals surface area contributed by atoms with E-state index in [9.17, 15) is 4.79 Å². The van der Waals surface area contributed by atoms with Gasteiger partial charge in [-0.1, -0.05) is 18.6 Å². The van der Waals surface area contributed by atoms with Gasteiger partial charge in [0.05, 0.1) is 6.04 Å². The minimum Gasteiger partial charge on any atom is -0.454 e. The van der Waals surface area contributed by atoms with E-state index in [0.717, 1.165) is 31.9 Å². The van der Waals surface area contributed by atoms with Crippen molar-refractivity contribution in [2.75, 3.05) is 37.6 Å². The van der Waals surface area contributed by atoms with Gasteiger partial charge in [-0.15, -0.1) is 0 Å². The summed E-state index contributed by atoms with van der Waals surface area (Å²) < 4.78 is 5.88. The lowest BCUT2D eigenvalue weighted by Crippen LogP contribution is -2.35. The highest BCUT2D eigenvalue weighted by Gasteiger charge is 2.22. The Kier molecular flexibility index (Phi) is 7.15. The van der Waals surface area contributed by atoms with Gasteiger partial charge in [-0.3, -0.25) is 9.69 Å². The molecule has 28 heavy (non-hydrogen) atoms. The van der Waals surface area contributed by atoms with Crippen molar-refractivity contribution in [3.05, 3.63) is 53.5 Å². The number of benzene rings is 1. The van der Waals surface area contributed by atoms with Gasteiger partial charge in [0.1, 0.15) is 5.76 Å². The van der Waals surface area contributed by atoms with Crippen molar-refractivity contribution in [1.29, 1.82) is 0 Å². The highest BCUT2D eigenvalue weighted by molar-refractivity contribution is 5.91. The summed E-state index contributed by atoms with van der Waals surface area (Å²) in [5.74, 6) is 1.14. The van der Waals surface area contributed by atoms with Crippen LogP contribution in [0.2, 0.25) is 0 Å². The van der Waals surface area contributed by atoms with E-state index in [4.69, 9.17) is 4.42 Å². The van der Waals surface area contributed by atoms with E-state index in [1.165, 1.54) is 30.5 Å². The molecule has 1 aromatic heterocycles. The minimum atomic E-state index is -0.141. The van der Waals surface area contributed by atoms with Gasteiger partial charge in [0.15, 0.2) is 5.76 Å². The molecular formula is C23H33N3O2. The molecule has 1 fully saturated rings. The summed E-state index contributed by atoms with van der Waals surface area (Å²) in [5.41, 5.74) is 2.43. The van der Waals surface area contributed by atoms with Crippen LogP contribution in [0.4, 0.5) is 5.69 Å². The molecule has 0 saturated carbocycles. The first-order chi connectivity index (χ1) is 13.6. The molecule has 1 atom stereocenters. The van der Waals surface area contributed by atoms with Gasteiger partial charge in [0.25, 0.3) is 5.91 Å². The second kappa shape index (κ2) is 9.78. The van der Waals surface area contributed by atoms with Crippen LogP contribution in [-0.4, -0.2) is 43.5 Å². The number of piperidine rings is 1. The maximum atomic E-state index is 12.5. The van der Waals surface area contributed by atoms with E-state index in [1.807, 2.05) is 6.07 Å². The summed E-state index contributed by atoms with van der Waals surface area (Å²) in [5, 5.41) is 2.99. The number of carbonyl (C=O) groups is 1. The van der Waals surface area contributed by atoms with Crippen LogP contribution in [0.3, 0.4) is 0 Å². The standard InChI is InChI=1S/C23H33N3O2/c1-4-25(20-10-8-9-18(2)17-20)16-13-24-23(27)22-12-11-21(28-22)19(3)26-14-6-5-7-15-26/h8-12,17,19H,4-7,13-16H2,1-3H3,(H,24,27)/t19-/m0/s1. The fraction of sp³-hybridized carbons (Fsp3) is 0.522. The number of nitrogens with one attached hydrogen (secondary N) is 1. The van der Waals surface area contributed by atoms with Crippen LogP contribution >= 0.6 is 0 Å². The van der Waals surface area contributed by atoms with Crippen molar-refractivity contribution < 1.29 is 9.21 Å². The van der Waals surface area contributed by atoms with E-state index in [2.05, 4.69) is 60.2 Å². The third-order valence-corrected chi connectivity index (χ3v) is 5.62. The van der Waals surface area contributed by atoms with Gasteiger partial charge in [-0.25, -0.2) is 0 Å². The second-order valence-electron chi connectivity index (χ2n) is 7.65. The second-order valence-corrected chi connectivity index (χ2v) is 7.65. The first-order valence-electron chi connectivity index (χ1n) is 10.5. The Bertz CT molecular complexity index is 765. The third kappa shape index (κ3) is 5.16. The third-order valence-electron chi connectivity index (χ3n) is 5.62. The summed E-state index contributed by atoms with van der Waals surface area (Å²) in [7, 11) is 0. The molecule has 5 nitrogen and oxygen atoms in total. The Morgan fingerprint density at radius 2 is 2.00 bits per heavy atom. The van der Waals surface area contributed by atoms with Crippen molar-refractivity contribution in [2.45, 2.75) is 46.1 Å². The van der Waals surface area contributed by atoms with Crippen molar-refractivity contribution in [3.8, 4) is 0 Å². The number of likely N-dealkylation sites (N-methyl/N-ethyl adjacent to an activating group) is 1. The van der Waals surface area contributed by atoms with Gasteiger partial charge < -0.3 is 14.6 Å². The van der Waals surface area contributed by atoms with E-state index in [-0.39, 0.29) is 11.9 Å². The summed E-state index contributed by atoms with van der Waals surface area (Å²) in [6, 6.07) is 12.4. The topological polar surface area (TPSA) is 48.7 Å². The van der Waals surface area contributed by atoms with Gasteiger partial charge in [-0.2, -0.15) is 0 Å². The number of rotatable bonds is 8. The van der Waals surface area contributed by atoms with Crippen molar-refractivity contribution >= 4 is 11.6 Å². The Labute approximate surface area is 168 Å². The zero-order valence-corrected chi connectivity index (χ0v) is 17.4. The van der Waals surface area contributed by atoms with E-state index in [1.54, 1.807) is 6.07 Å². The monoisotopic (exact) mass is 383 g/mol.